The van der Waals surface area contributed by atoms with E-state index in [9.17, 15) is 18.0 Å². The third kappa shape index (κ3) is 9.28. The lowest BCUT2D eigenvalue weighted by Gasteiger charge is -2.34. The van der Waals surface area contributed by atoms with Crippen molar-refractivity contribution in [3.63, 3.8) is 0 Å². The van der Waals surface area contributed by atoms with Crippen molar-refractivity contribution >= 4 is 50.7 Å². The third-order valence-corrected chi connectivity index (χ3v) is 10.2. The second-order valence-electron chi connectivity index (χ2n) is 11.1. The monoisotopic (exact) mass is 695 g/mol. The molecule has 0 aliphatic rings. The molecule has 1 N–H and O–H groups in total. The third-order valence-electron chi connectivity index (χ3n) is 7.74. The number of sulfonamides is 1. The Morgan fingerprint density at radius 1 is 0.872 bits per heavy atom. The van der Waals surface area contributed by atoms with Gasteiger partial charge in [-0.25, -0.2) is 8.42 Å². The molecule has 0 saturated heterocycles. The minimum absolute atomic E-state index is 0.0227. The Morgan fingerprint density at radius 3 is 2.11 bits per heavy atom. The molecule has 4 aromatic rings. The average molecular weight is 697 g/mol. The van der Waals surface area contributed by atoms with Gasteiger partial charge in [0.15, 0.2) is 0 Å². The Bertz CT molecular complexity index is 1730. The summed E-state index contributed by atoms with van der Waals surface area (Å²) in [6.45, 7) is 3.62. The molecule has 47 heavy (non-hydrogen) atoms. The van der Waals surface area contributed by atoms with Crippen LogP contribution < -0.4 is 14.4 Å². The summed E-state index contributed by atoms with van der Waals surface area (Å²) in [5.41, 5.74) is 2.49. The van der Waals surface area contributed by atoms with Gasteiger partial charge in [0.2, 0.25) is 11.8 Å². The van der Waals surface area contributed by atoms with Gasteiger partial charge in [-0.3, -0.25) is 13.9 Å². The summed E-state index contributed by atoms with van der Waals surface area (Å²) >= 11 is 13.2. The van der Waals surface area contributed by atoms with Gasteiger partial charge >= 0.3 is 0 Å². The summed E-state index contributed by atoms with van der Waals surface area (Å²) in [4.78, 5) is 29.8. The van der Waals surface area contributed by atoms with Crippen LogP contribution in [-0.2, 0) is 32.6 Å². The number of rotatable bonds is 15. The second kappa shape index (κ2) is 16.7. The van der Waals surface area contributed by atoms with E-state index in [0.717, 1.165) is 28.3 Å². The number of anilines is 1. The summed E-state index contributed by atoms with van der Waals surface area (Å²) < 4.78 is 34.7. The standard InChI is InChI=1S/C36H39Cl2N3O5S/c1-4-5-22-39-36(43)34(23-27-10-7-6-8-11-27)40(24-31-32(37)12-9-13-33(31)38)35(42)25-41(28-16-14-26(2)15-17-28)47(44,45)30-20-18-29(46-3)19-21-30/h6-21,34H,4-5,22-25H2,1-3H3,(H,39,43)/t34-/m1/s1. The number of aryl methyl sites for hydroxylation is 1. The molecule has 0 aromatic heterocycles. The molecule has 1 atom stereocenters. The predicted octanol–water partition coefficient (Wildman–Crippen LogP) is 7.06. The van der Waals surface area contributed by atoms with E-state index in [1.807, 2.05) is 44.2 Å². The molecule has 0 aliphatic heterocycles. The lowest BCUT2D eigenvalue weighted by atomic mass is 10.0. The summed E-state index contributed by atoms with van der Waals surface area (Å²) in [6, 6.07) is 26.2. The molecule has 0 saturated carbocycles. The number of unbranched alkanes of at least 4 members (excludes halogenated alkanes) is 1. The molecule has 11 heteroatoms. The van der Waals surface area contributed by atoms with E-state index in [0.29, 0.717) is 33.6 Å². The van der Waals surface area contributed by atoms with E-state index in [2.05, 4.69) is 5.32 Å². The lowest BCUT2D eigenvalue weighted by molar-refractivity contribution is -0.140. The van der Waals surface area contributed by atoms with Crippen molar-refractivity contribution in [2.75, 3.05) is 24.5 Å². The normalized spacial score (nSPS) is 11.9. The molecular formula is C36H39Cl2N3O5S. The minimum atomic E-state index is -4.25. The van der Waals surface area contributed by atoms with Crippen LogP contribution in [0, 0.1) is 6.92 Å². The number of benzene rings is 4. The molecule has 0 bridgehead atoms. The fourth-order valence-electron chi connectivity index (χ4n) is 5.03. The number of nitrogens with one attached hydrogen (secondary N) is 1. The fraction of sp³-hybridized carbons (Fsp3) is 0.278. The van der Waals surface area contributed by atoms with E-state index in [1.54, 1.807) is 54.6 Å². The zero-order valence-electron chi connectivity index (χ0n) is 26.7. The predicted molar refractivity (Wildman–Crippen MR) is 188 cm³/mol. The molecule has 0 radical (unpaired) electrons. The van der Waals surface area contributed by atoms with Crippen LogP contribution in [0.25, 0.3) is 0 Å². The number of carbonyl (C=O) groups excluding carboxylic acids is 2. The summed E-state index contributed by atoms with van der Waals surface area (Å²) in [6.07, 6.45) is 1.81. The first-order chi connectivity index (χ1) is 22.5. The first-order valence-electron chi connectivity index (χ1n) is 15.3. The number of methoxy groups -OCH3 is 1. The van der Waals surface area contributed by atoms with Crippen LogP contribution in [0.1, 0.15) is 36.5 Å². The Kier molecular flexibility index (Phi) is 12.7. The highest BCUT2D eigenvalue weighted by Gasteiger charge is 2.35. The maximum Gasteiger partial charge on any atom is 0.264 e. The van der Waals surface area contributed by atoms with Gasteiger partial charge in [0.05, 0.1) is 17.7 Å². The summed E-state index contributed by atoms with van der Waals surface area (Å²) in [7, 11) is -2.76. The number of nitrogens with zero attached hydrogens (tertiary/aromatic N) is 2. The lowest BCUT2D eigenvalue weighted by Crippen LogP contribution is -2.53. The Labute approximate surface area is 287 Å². The van der Waals surface area contributed by atoms with Crippen LogP contribution in [0.5, 0.6) is 5.75 Å². The number of hydrogen-bond acceptors (Lipinski definition) is 5. The minimum Gasteiger partial charge on any atom is -0.497 e. The van der Waals surface area contributed by atoms with E-state index < -0.39 is 28.5 Å². The molecule has 0 spiro atoms. The van der Waals surface area contributed by atoms with Gasteiger partial charge < -0.3 is 15.0 Å². The highest BCUT2D eigenvalue weighted by atomic mass is 35.5. The molecule has 8 nitrogen and oxygen atoms in total. The highest BCUT2D eigenvalue weighted by molar-refractivity contribution is 7.92. The Balaban J connectivity index is 1.82. The SMILES string of the molecule is CCCCNC(=O)[C@@H](Cc1ccccc1)N(Cc1c(Cl)cccc1Cl)C(=O)CN(c1ccc(C)cc1)S(=O)(=O)c1ccc(OC)cc1. The van der Waals surface area contributed by atoms with Crippen molar-refractivity contribution in [1.29, 1.82) is 0 Å². The van der Waals surface area contributed by atoms with Crippen molar-refractivity contribution in [3.05, 3.63) is 124 Å². The van der Waals surface area contributed by atoms with Crippen molar-refractivity contribution in [2.24, 2.45) is 0 Å². The summed E-state index contributed by atoms with van der Waals surface area (Å²) in [5, 5.41) is 3.61. The molecule has 4 aromatic carbocycles. The molecule has 0 unspecified atom stereocenters. The fourth-order valence-corrected chi connectivity index (χ4v) is 6.96. The van der Waals surface area contributed by atoms with E-state index >= 15 is 0 Å². The smallest absolute Gasteiger partial charge is 0.264 e. The van der Waals surface area contributed by atoms with Gasteiger partial charge in [-0.05, 0) is 67.4 Å². The Hall–Kier alpha value is -4.05. The average Bonchev–Trinajstić information content (AvgIpc) is 3.07. The van der Waals surface area contributed by atoms with Crippen LogP contribution in [-0.4, -0.2) is 51.4 Å². The van der Waals surface area contributed by atoms with Gasteiger partial charge in [-0.15, -0.1) is 0 Å². The van der Waals surface area contributed by atoms with Crippen LogP contribution in [0.2, 0.25) is 10.0 Å². The maximum atomic E-state index is 14.6. The largest absolute Gasteiger partial charge is 0.497 e. The Morgan fingerprint density at radius 2 is 1.51 bits per heavy atom. The molecule has 0 heterocycles. The van der Waals surface area contributed by atoms with Crippen LogP contribution in [0.15, 0.2) is 102 Å². The number of carbonyl (C=O) groups is 2. The van der Waals surface area contributed by atoms with Crippen molar-refractivity contribution in [3.8, 4) is 5.75 Å². The van der Waals surface area contributed by atoms with E-state index in [1.165, 1.54) is 24.1 Å². The number of ether oxygens (including phenoxy) is 1. The van der Waals surface area contributed by atoms with Gasteiger partial charge in [0.25, 0.3) is 10.0 Å². The van der Waals surface area contributed by atoms with Gasteiger partial charge in [0, 0.05) is 35.1 Å². The van der Waals surface area contributed by atoms with Crippen molar-refractivity contribution in [2.45, 2.75) is 50.6 Å². The zero-order chi connectivity index (χ0) is 34.0. The topological polar surface area (TPSA) is 96.0 Å². The molecule has 248 valence electrons. The first-order valence-corrected chi connectivity index (χ1v) is 17.5. The first kappa shape index (κ1) is 35.8. The number of halogens is 2. The molecule has 0 fully saturated rings. The maximum absolute atomic E-state index is 14.6. The zero-order valence-corrected chi connectivity index (χ0v) is 29.0. The quantitative estimate of drug-likeness (QED) is 0.134. The van der Waals surface area contributed by atoms with Crippen LogP contribution in [0.4, 0.5) is 5.69 Å². The highest BCUT2D eigenvalue weighted by Crippen LogP contribution is 2.29. The summed E-state index contributed by atoms with van der Waals surface area (Å²) in [5.74, 6) is -0.480. The number of amides is 2. The second-order valence-corrected chi connectivity index (χ2v) is 13.8. The van der Waals surface area contributed by atoms with E-state index in [-0.39, 0.29) is 23.8 Å². The van der Waals surface area contributed by atoms with Gasteiger partial charge in [-0.2, -0.15) is 0 Å². The van der Waals surface area contributed by atoms with Crippen molar-refractivity contribution < 1.29 is 22.7 Å². The molecule has 4 rings (SSSR count). The van der Waals surface area contributed by atoms with Gasteiger partial charge in [0.1, 0.15) is 18.3 Å². The number of hydrogen-bond donors (Lipinski definition) is 1. The molecule has 2 amide bonds. The van der Waals surface area contributed by atoms with Crippen molar-refractivity contribution in [1.82, 2.24) is 10.2 Å². The molecular weight excluding hydrogens is 657 g/mol. The van der Waals surface area contributed by atoms with Crippen LogP contribution >= 0.6 is 23.2 Å². The van der Waals surface area contributed by atoms with E-state index in [4.69, 9.17) is 27.9 Å². The molecule has 0 aliphatic carbocycles. The van der Waals surface area contributed by atoms with Gasteiger partial charge in [-0.1, -0.05) is 90.6 Å². The van der Waals surface area contributed by atoms with Crippen LogP contribution in [0.3, 0.4) is 0 Å².